The zero-order valence-electron chi connectivity index (χ0n) is 37.6. The zero-order valence-corrected chi connectivity index (χ0v) is 37.6. The molecule has 8 aromatic rings. The number of benzene rings is 8. The van der Waals surface area contributed by atoms with Crippen LogP contribution in [0.1, 0.15) is 109 Å². The molecule has 0 saturated heterocycles. The third kappa shape index (κ3) is 6.40. The number of rotatable bonds is 6. The highest BCUT2D eigenvalue weighted by Gasteiger charge is 2.49. The minimum Gasteiger partial charge on any atom is -0.360 e. The Balaban J connectivity index is 0.836. The van der Waals surface area contributed by atoms with Gasteiger partial charge in [-0.3, -0.25) is 4.99 Å². The van der Waals surface area contributed by atoms with Crippen molar-refractivity contribution in [2.45, 2.75) is 81.2 Å². The molecule has 2 fully saturated rings. The maximum atomic E-state index is 5.31. The lowest BCUT2D eigenvalue weighted by atomic mass is 9.66. The van der Waals surface area contributed by atoms with Crippen molar-refractivity contribution in [2.75, 3.05) is 0 Å². The van der Waals surface area contributed by atoms with E-state index in [0.29, 0.717) is 0 Å². The molecule has 2 saturated carbocycles. The largest absolute Gasteiger partial charge is 0.360 e. The van der Waals surface area contributed by atoms with Crippen LogP contribution < -0.4 is 5.32 Å². The van der Waals surface area contributed by atoms with Crippen LogP contribution in [-0.4, -0.2) is 5.71 Å². The molecule has 5 aliphatic rings. The van der Waals surface area contributed by atoms with E-state index in [1.165, 1.54) is 120 Å². The van der Waals surface area contributed by atoms with E-state index in [0.717, 1.165) is 28.1 Å². The van der Waals surface area contributed by atoms with E-state index in [9.17, 15) is 0 Å². The van der Waals surface area contributed by atoms with Crippen molar-refractivity contribution < 1.29 is 0 Å². The second kappa shape index (κ2) is 15.8. The summed E-state index contributed by atoms with van der Waals surface area (Å²) < 4.78 is 0. The lowest BCUT2D eigenvalue weighted by molar-refractivity contribution is 0.350. The van der Waals surface area contributed by atoms with Gasteiger partial charge >= 0.3 is 0 Å². The highest BCUT2D eigenvalue weighted by atomic mass is 15.1. The number of allylic oxidation sites excluding steroid dienone is 1. The van der Waals surface area contributed by atoms with Crippen LogP contribution in [0.3, 0.4) is 0 Å². The summed E-state index contributed by atoms with van der Waals surface area (Å²) in [5, 5.41) is 3.75. The van der Waals surface area contributed by atoms with Gasteiger partial charge in [-0.1, -0.05) is 202 Å². The molecular weight excluding hydrogens is 797 g/mol. The van der Waals surface area contributed by atoms with Crippen LogP contribution in [0, 0.1) is 0 Å². The topological polar surface area (TPSA) is 24.4 Å². The van der Waals surface area contributed by atoms with Gasteiger partial charge in [0, 0.05) is 22.1 Å². The Bertz CT molecular complexity index is 3200. The van der Waals surface area contributed by atoms with E-state index in [-0.39, 0.29) is 17.0 Å². The Morgan fingerprint density at radius 2 is 0.818 bits per heavy atom. The van der Waals surface area contributed by atoms with Crippen molar-refractivity contribution in [1.29, 1.82) is 0 Å². The molecule has 1 aliphatic heterocycles. The van der Waals surface area contributed by atoms with E-state index in [4.69, 9.17) is 4.99 Å². The number of hydrogen-bond donors (Lipinski definition) is 1. The Morgan fingerprint density at radius 1 is 0.348 bits per heavy atom. The average Bonchev–Trinajstić information content (AvgIpc) is 3.80. The molecule has 1 N–H and O–H groups in total. The van der Waals surface area contributed by atoms with Crippen LogP contribution >= 0.6 is 0 Å². The number of nitrogens with zero attached hydrogens (tertiary/aromatic N) is 1. The number of hydrogen-bond acceptors (Lipinski definition) is 2. The number of aliphatic imine (C=N–C) groups is 1. The summed E-state index contributed by atoms with van der Waals surface area (Å²) in [5.74, 6) is 0. The fourth-order valence-corrected chi connectivity index (χ4v) is 12.9. The number of nitrogens with one attached hydrogen (secondary N) is 1. The predicted octanol–water partition coefficient (Wildman–Crippen LogP) is 16.3. The lowest BCUT2D eigenvalue weighted by Gasteiger charge is -2.37. The Labute approximate surface area is 389 Å². The predicted molar refractivity (Wildman–Crippen MR) is 275 cm³/mol. The van der Waals surface area contributed by atoms with Gasteiger partial charge in [0.15, 0.2) is 0 Å². The molecule has 4 aliphatic carbocycles. The smallest absolute Gasteiger partial charge is 0.145 e. The van der Waals surface area contributed by atoms with Crippen LogP contribution in [0.15, 0.2) is 199 Å². The van der Waals surface area contributed by atoms with Crippen LogP contribution in [0.2, 0.25) is 0 Å². The van der Waals surface area contributed by atoms with Gasteiger partial charge in [0.05, 0.1) is 5.71 Å². The summed E-state index contributed by atoms with van der Waals surface area (Å²) in [4.78, 5) is 5.31. The third-order valence-corrected chi connectivity index (χ3v) is 16.1. The third-order valence-electron chi connectivity index (χ3n) is 16.1. The quantitative estimate of drug-likeness (QED) is 0.177. The van der Waals surface area contributed by atoms with Gasteiger partial charge in [0.1, 0.15) is 6.17 Å². The second-order valence-corrected chi connectivity index (χ2v) is 19.7. The molecule has 2 spiro atoms. The van der Waals surface area contributed by atoms with Crippen molar-refractivity contribution in [3.63, 3.8) is 0 Å². The molecule has 1 heterocycles. The zero-order chi connectivity index (χ0) is 43.7. The van der Waals surface area contributed by atoms with Gasteiger partial charge in [0.2, 0.25) is 0 Å². The van der Waals surface area contributed by atoms with Crippen LogP contribution in [0.5, 0.6) is 0 Å². The van der Waals surface area contributed by atoms with E-state index < -0.39 is 0 Å². The molecule has 66 heavy (non-hydrogen) atoms. The lowest BCUT2D eigenvalue weighted by Crippen LogP contribution is -2.29. The molecular formula is C64H54N2. The van der Waals surface area contributed by atoms with Crippen molar-refractivity contribution in [3.8, 4) is 55.6 Å². The number of fused-ring (bicyclic) bond motifs is 10. The highest BCUT2D eigenvalue weighted by molar-refractivity contribution is 6.13. The monoisotopic (exact) mass is 850 g/mol. The van der Waals surface area contributed by atoms with Crippen LogP contribution in [0.4, 0.5) is 0 Å². The second-order valence-electron chi connectivity index (χ2n) is 19.7. The van der Waals surface area contributed by atoms with E-state index in [1.54, 1.807) is 22.3 Å². The Kier molecular flexibility index (Phi) is 9.45. The van der Waals surface area contributed by atoms with Crippen molar-refractivity contribution in [3.05, 3.63) is 233 Å². The molecule has 2 heteroatoms. The fourth-order valence-electron chi connectivity index (χ4n) is 12.9. The molecule has 0 aromatic heterocycles. The summed E-state index contributed by atoms with van der Waals surface area (Å²) in [6, 6.07) is 70.5. The highest BCUT2D eigenvalue weighted by Crippen LogP contribution is 2.62. The molecule has 2 nitrogen and oxygen atoms in total. The minimum absolute atomic E-state index is 0.116. The van der Waals surface area contributed by atoms with E-state index >= 15 is 0 Å². The van der Waals surface area contributed by atoms with E-state index in [1.807, 2.05) is 0 Å². The van der Waals surface area contributed by atoms with Crippen molar-refractivity contribution in [2.24, 2.45) is 4.99 Å². The van der Waals surface area contributed by atoms with Crippen LogP contribution in [0.25, 0.3) is 61.3 Å². The minimum atomic E-state index is -0.198. The average molecular weight is 851 g/mol. The van der Waals surface area contributed by atoms with E-state index in [2.05, 4.69) is 199 Å². The summed E-state index contributed by atoms with van der Waals surface area (Å²) in [6.45, 7) is 0. The molecule has 0 bridgehead atoms. The first-order valence-electron chi connectivity index (χ1n) is 24.6. The van der Waals surface area contributed by atoms with Gasteiger partial charge in [0.25, 0.3) is 0 Å². The normalized spacial score (nSPS) is 18.4. The van der Waals surface area contributed by atoms with Gasteiger partial charge in [-0.15, -0.1) is 0 Å². The molecule has 1 unspecified atom stereocenters. The first kappa shape index (κ1) is 39.3. The first-order valence-corrected chi connectivity index (χ1v) is 24.6. The standard InChI is InChI=1S/C64H54N2/c1-5-16-43(17-6-1)44-28-30-47(31-29-44)60-42-61(66-62(65-60)48-18-7-2-8-19-48)51-21-15-20-49(38-51)45-24-26-46(27-25-45)50-32-33-57-53(39-50)55-41-58-54(40-59(55)64(57)36-13-4-14-37-64)52-22-9-10-23-56(52)63(58)34-11-3-12-35-63/h1-2,5-10,15-33,38-42,62,65H,3-4,11-14,34-37H2. The van der Waals surface area contributed by atoms with Gasteiger partial charge < -0.3 is 5.32 Å². The molecule has 320 valence electrons. The summed E-state index contributed by atoms with van der Waals surface area (Å²) in [5.41, 5.74) is 25.5. The van der Waals surface area contributed by atoms with Crippen molar-refractivity contribution >= 4 is 11.4 Å². The summed E-state index contributed by atoms with van der Waals surface area (Å²) in [6.07, 6.45) is 15.0. The summed E-state index contributed by atoms with van der Waals surface area (Å²) >= 11 is 0. The SMILES string of the molecule is C1=C(c2ccc(-c3ccccc3)cc2)NC(c2ccccc2)N=C1c1cccc(-c2ccc(-c3ccc4c(c3)-c3cc5c(cc3C43CCCCC3)-c3ccccc3C53CCCCC3)cc2)c1. The Morgan fingerprint density at radius 3 is 1.48 bits per heavy atom. The molecule has 1 atom stereocenters. The van der Waals surface area contributed by atoms with Crippen LogP contribution in [-0.2, 0) is 10.8 Å². The van der Waals surface area contributed by atoms with Gasteiger partial charge in [-0.05, 0) is 145 Å². The maximum absolute atomic E-state index is 5.31. The fraction of sp³-hybridized carbons (Fsp3) is 0.203. The molecule has 0 radical (unpaired) electrons. The van der Waals surface area contributed by atoms with Gasteiger partial charge in [-0.2, -0.15) is 0 Å². The molecule has 8 aromatic carbocycles. The summed E-state index contributed by atoms with van der Waals surface area (Å²) in [7, 11) is 0. The maximum Gasteiger partial charge on any atom is 0.145 e. The molecule has 13 rings (SSSR count). The molecule has 0 amide bonds. The van der Waals surface area contributed by atoms with Gasteiger partial charge in [-0.25, -0.2) is 0 Å². The first-order chi connectivity index (χ1) is 32.6. The van der Waals surface area contributed by atoms with Crippen molar-refractivity contribution in [1.82, 2.24) is 5.32 Å². The Hall–Kier alpha value is -7.03.